The molecule has 1 aliphatic heterocycles. The van der Waals surface area contributed by atoms with Crippen LogP contribution in [0.3, 0.4) is 0 Å². The van der Waals surface area contributed by atoms with Crippen molar-refractivity contribution in [2.24, 2.45) is 0 Å². The predicted molar refractivity (Wildman–Crippen MR) is 122 cm³/mol. The van der Waals surface area contributed by atoms with E-state index in [2.05, 4.69) is 19.9 Å². The first kappa shape index (κ1) is 20.1. The lowest BCUT2D eigenvalue weighted by Crippen LogP contribution is -2.20. The molecule has 1 atom stereocenters. The zero-order valence-corrected chi connectivity index (χ0v) is 17.9. The van der Waals surface area contributed by atoms with Gasteiger partial charge in [-0.05, 0) is 62.3 Å². The van der Waals surface area contributed by atoms with Crippen molar-refractivity contribution in [2.45, 2.75) is 13.0 Å². The summed E-state index contributed by atoms with van der Waals surface area (Å²) in [5.74, 6) is 0.0374. The van der Waals surface area contributed by atoms with Gasteiger partial charge in [-0.1, -0.05) is 6.07 Å². The van der Waals surface area contributed by atoms with Crippen molar-refractivity contribution in [1.29, 1.82) is 0 Å². The molecular formula is C24H22FN5O2. The highest BCUT2D eigenvalue weighted by Gasteiger charge is 2.27. The van der Waals surface area contributed by atoms with E-state index in [-0.39, 0.29) is 23.1 Å². The van der Waals surface area contributed by atoms with Gasteiger partial charge in [0.25, 0.3) is 5.56 Å². The summed E-state index contributed by atoms with van der Waals surface area (Å²) in [6, 6.07) is 10.9. The van der Waals surface area contributed by atoms with Gasteiger partial charge in [0.05, 0.1) is 6.04 Å². The molecule has 7 nitrogen and oxygen atoms in total. The Balaban J connectivity index is 1.65. The first-order chi connectivity index (χ1) is 15.3. The number of pyridine rings is 1. The summed E-state index contributed by atoms with van der Waals surface area (Å²) >= 11 is 0. The number of hydrogen-bond donors (Lipinski definition) is 2. The highest BCUT2D eigenvalue weighted by molar-refractivity contribution is 5.90. The second-order valence-corrected chi connectivity index (χ2v) is 8.20. The molecule has 1 unspecified atom stereocenters. The van der Waals surface area contributed by atoms with Gasteiger partial charge in [-0.25, -0.2) is 4.98 Å². The normalized spacial score (nSPS) is 15.2. The van der Waals surface area contributed by atoms with E-state index in [4.69, 9.17) is 10.5 Å². The van der Waals surface area contributed by atoms with Crippen LogP contribution < -0.4 is 16.0 Å². The number of benzene rings is 2. The molecule has 3 N–H and O–H groups in total. The lowest BCUT2D eigenvalue weighted by atomic mass is 10.0. The topological polar surface area (TPSA) is 97.1 Å². The SMILES string of the molecule is Cc1c[nH]c(=O)c2ccc(-c3nc(-c4ccc5c(c4)C(N(C)C)CO5)c(F)nc3N)cc12. The van der Waals surface area contributed by atoms with Crippen molar-refractivity contribution in [3.63, 3.8) is 0 Å². The van der Waals surface area contributed by atoms with Gasteiger partial charge in [-0.15, -0.1) is 0 Å². The van der Waals surface area contributed by atoms with Crippen LogP contribution in [0.5, 0.6) is 5.75 Å². The minimum Gasteiger partial charge on any atom is -0.491 e. The molecule has 0 amide bonds. The van der Waals surface area contributed by atoms with Crippen LogP contribution >= 0.6 is 0 Å². The van der Waals surface area contributed by atoms with Gasteiger partial charge < -0.3 is 15.5 Å². The fourth-order valence-electron chi connectivity index (χ4n) is 4.14. The number of halogens is 1. The van der Waals surface area contributed by atoms with Crippen molar-refractivity contribution in [2.75, 3.05) is 26.4 Å². The van der Waals surface area contributed by atoms with Gasteiger partial charge in [0.2, 0.25) is 5.95 Å². The number of nitrogens with zero attached hydrogens (tertiary/aromatic N) is 3. The highest BCUT2D eigenvalue weighted by atomic mass is 19.1. The molecule has 0 saturated heterocycles. The van der Waals surface area contributed by atoms with Crippen LogP contribution in [0.2, 0.25) is 0 Å². The predicted octanol–water partition coefficient (Wildman–Crippen LogP) is 3.68. The third-order valence-corrected chi connectivity index (χ3v) is 5.92. The number of likely N-dealkylation sites (N-methyl/N-ethyl adjacent to an activating group) is 1. The van der Waals surface area contributed by atoms with E-state index in [9.17, 15) is 9.18 Å². The van der Waals surface area contributed by atoms with E-state index in [1.54, 1.807) is 24.4 Å². The van der Waals surface area contributed by atoms with E-state index in [0.717, 1.165) is 22.3 Å². The maximum absolute atomic E-state index is 14.9. The highest BCUT2D eigenvalue weighted by Crippen LogP contribution is 2.38. The molecule has 0 bridgehead atoms. The zero-order valence-electron chi connectivity index (χ0n) is 17.9. The minimum absolute atomic E-state index is 0.0104. The van der Waals surface area contributed by atoms with Gasteiger partial charge in [-0.2, -0.15) is 9.37 Å². The van der Waals surface area contributed by atoms with Crippen LogP contribution in [-0.4, -0.2) is 40.6 Å². The molecule has 0 radical (unpaired) electrons. The second kappa shape index (κ2) is 7.42. The van der Waals surface area contributed by atoms with Crippen molar-refractivity contribution in [3.05, 3.63) is 70.0 Å². The molecular weight excluding hydrogens is 409 g/mol. The van der Waals surface area contributed by atoms with Crippen LogP contribution in [0.15, 0.2) is 47.4 Å². The number of ether oxygens (including phenoxy) is 1. The maximum atomic E-state index is 14.9. The van der Waals surface area contributed by atoms with Crippen molar-refractivity contribution >= 4 is 16.6 Å². The van der Waals surface area contributed by atoms with E-state index in [0.29, 0.717) is 28.8 Å². The zero-order chi connectivity index (χ0) is 22.6. The van der Waals surface area contributed by atoms with E-state index < -0.39 is 5.95 Å². The third kappa shape index (κ3) is 3.20. The van der Waals surface area contributed by atoms with Crippen LogP contribution in [0.1, 0.15) is 17.2 Å². The summed E-state index contributed by atoms with van der Waals surface area (Å²) in [5.41, 5.74) is 9.51. The van der Waals surface area contributed by atoms with Crippen LogP contribution in [0.25, 0.3) is 33.3 Å². The van der Waals surface area contributed by atoms with Gasteiger partial charge in [-0.3, -0.25) is 9.69 Å². The summed E-state index contributed by atoms with van der Waals surface area (Å²) < 4.78 is 20.6. The molecule has 3 heterocycles. The largest absolute Gasteiger partial charge is 0.491 e. The molecule has 1 aliphatic rings. The number of anilines is 1. The van der Waals surface area contributed by atoms with E-state index in [1.165, 1.54) is 0 Å². The molecule has 0 saturated carbocycles. The first-order valence-corrected chi connectivity index (χ1v) is 10.2. The summed E-state index contributed by atoms with van der Waals surface area (Å²) in [4.78, 5) is 25.4. The number of aromatic nitrogens is 3. The molecule has 0 fully saturated rings. The standard InChI is InChI=1S/C24H22FN5O2/c1-12-10-27-24(31)15-6-4-14(8-16(12)15)21-23(26)29-22(25)20(28-21)13-5-7-19-17(9-13)18(11-32-19)30(2)3/h4-10,18H,11H2,1-3H3,(H2,26,29)(H,27,31). The fourth-order valence-corrected chi connectivity index (χ4v) is 4.14. The lowest BCUT2D eigenvalue weighted by Gasteiger charge is -2.18. The quantitative estimate of drug-likeness (QED) is 0.514. The van der Waals surface area contributed by atoms with E-state index >= 15 is 0 Å². The number of nitrogens with two attached hydrogens (primary N) is 1. The number of nitrogens with one attached hydrogen (secondary N) is 1. The van der Waals surface area contributed by atoms with E-state index in [1.807, 2.05) is 39.2 Å². The first-order valence-electron chi connectivity index (χ1n) is 10.2. The smallest absolute Gasteiger partial charge is 0.255 e. The molecule has 0 aliphatic carbocycles. The molecule has 2 aromatic heterocycles. The Morgan fingerprint density at radius 2 is 1.84 bits per heavy atom. The summed E-state index contributed by atoms with van der Waals surface area (Å²) in [6.07, 6.45) is 1.66. The number of rotatable bonds is 3. The van der Waals surface area contributed by atoms with Gasteiger partial charge >= 0.3 is 0 Å². The monoisotopic (exact) mass is 431 g/mol. The summed E-state index contributed by atoms with van der Waals surface area (Å²) in [6.45, 7) is 2.45. The lowest BCUT2D eigenvalue weighted by molar-refractivity contribution is 0.227. The number of aryl methyl sites for hydroxylation is 1. The molecule has 4 aromatic rings. The van der Waals surface area contributed by atoms with Gasteiger partial charge in [0.1, 0.15) is 23.7 Å². The fraction of sp³-hybridized carbons (Fsp3) is 0.208. The average molecular weight is 431 g/mol. The molecule has 2 aromatic carbocycles. The molecule has 0 spiro atoms. The Kier molecular flexibility index (Phi) is 4.67. The number of nitrogen functional groups attached to an aromatic ring is 1. The number of fused-ring (bicyclic) bond motifs is 2. The molecule has 8 heteroatoms. The Morgan fingerprint density at radius 3 is 2.62 bits per heavy atom. The van der Waals surface area contributed by atoms with Crippen molar-refractivity contribution in [3.8, 4) is 28.3 Å². The Labute approximate surface area is 183 Å². The van der Waals surface area contributed by atoms with Crippen LogP contribution in [-0.2, 0) is 0 Å². The van der Waals surface area contributed by atoms with Crippen LogP contribution in [0.4, 0.5) is 10.2 Å². The molecule has 5 rings (SSSR count). The van der Waals surface area contributed by atoms with Crippen molar-refractivity contribution < 1.29 is 9.13 Å². The second-order valence-electron chi connectivity index (χ2n) is 8.20. The number of H-pyrrole nitrogens is 1. The van der Waals surface area contributed by atoms with Gasteiger partial charge in [0.15, 0.2) is 5.82 Å². The van der Waals surface area contributed by atoms with Crippen molar-refractivity contribution in [1.82, 2.24) is 19.9 Å². The van der Waals surface area contributed by atoms with Gasteiger partial charge in [0, 0.05) is 28.3 Å². The summed E-state index contributed by atoms with van der Waals surface area (Å²) in [5, 5.41) is 1.35. The Hall–Kier alpha value is -3.78. The Morgan fingerprint density at radius 1 is 1.09 bits per heavy atom. The summed E-state index contributed by atoms with van der Waals surface area (Å²) in [7, 11) is 3.95. The van der Waals surface area contributed by atoms with Crippen LogP contribution in [0, 0.1) is 12.9 Å². The molecule has 162 valence electrons. The number of aromatic amines is 1. The third-order valence-electron chi connectivity index (χ3n) is 5.92. The average Bonchev–Trinajstić information content (AvgIpc) is 3.20. The molecule has 32 heavy (non-hydrogen) atoms. The Bertz CT molecular complexity index is 1430. The minimum atomic E-state index is -0.736. The maximum Gasteiger partial charge on any atom is 0.255 e. The number of hydrogen-bond acceptors (Lipinski definition) is 6.